The van der Waals surface area contributed by atoms with Crippen molar-refractivity contribution in [1.82, 2.24) is 10.2 Å². The first-order valence-electron chi connectivity index (χ1n) is 14.7. The quantitative estimate of drug-likeness (QED) is 0.125. The fraction of sp³-hybridized carbons (Fsp3) is 0.114. The van der Waals surface area contributed by atoms with E-state index in [0.29, 0.717) is 36.4 Å². The molecule has 8 rings (SSSR count). The number of halogens is 3. The highest BCUT2D eigenvalue weighted by molar-refractivity contribution is 8.00. The molecule has 13 heteroatoms. The molecule has 0 aliphatic carbocycles. The van der Waals surface area contributed by atoms with Gasteiger partial charge in [-0.05, 0) is 54.4 Å². The minimum atomic E-state index is -1.91. The van der Waals surface area contributed by atoms with Crippen LogP contribution in [0.5, 0.6) is 0 Å². The first kappa shape index (κ1) is 31.1. The Hall–Kier alpha value is -4.19. The molecule has 0 N–H and O–H groups in total. The van der Waals surface area contributed by atoms with Crippen LogP contribution >= 0.6 is 57.9 Å². The molecule has 0 radical (unpaired) electrons. The van der Waals surface area contributed by atoms with Gasteiger partial charge >= 0.3 is 0 Å². The lowest BCUT2D eigenvalue weighted by Crippen LogP contribution is -2.53. The Morgan fingerprint density at radius 2 is 1.65 bits per heavy atom. The molecule has 1 atom stereocenters. The number of aromatic nitrogens is 2. The molecule has 0 bridgehead atoms. The Bertz CT molecular complexity index is 2380. The van der Waals surface area contributed by atoms with Gasteiger partial charge in [0.2, 0.25) is 10.9 Å². The topological polar surface area (TPSA) is 96.6 Å². The van der Waals surface area contributed by atoms with Gasteiger partial charge in [-0.15, -0.1) is 10.2 Å². The van der Waals surface area contributed by atoms with Crippen LogP contribution in [0.3, 0.4) is 0 Å². The highest BCUT2D eigenvalue weighted by Gasteiger charge is 2.66. The van der Waals surface area contributed by atoms with Crippen LogP contribution in [0.2, 0.25) is 15.1 Å². The SMILES string of the molecule is Cc1ccc(CN2C(=O)C3(c4ccccc42)c2c(oc4ccc(Cl)cc4c2=O)C(=O)N3c2nnc(SCc3ccc(Cl)cc3Cl)s2)cc1. The third-order valence-corrected chi connectivity index (χ3v) is 11.4. The summed E-state index contributed by atoms with van der Waals surface area (Å²) in [7, 11) is 0. The van der Waals surface area contributed by atoms with Crippen molar-refractivity contribution in [2.24, 2.45) is 0 Å². The summed E-state index contributed by atoms with van der Waals surface area (Å²) in [5.74, 6) is -0.926. The van der Waals surface area contributed by atoms with Crippen LogP contribution in [0, 0.1) is 6.92 Å². The maximum Gasteiger partial charge on any atom is 0.297 e. The van der Waals surface area contributed by atoms with Crippen molar-refractivity contribution in [3.63, 3.8) is 0 Å². The molecule has 2 aromatic heterocycles. The van der Waals surface area contributed by atoms with E-state index in [1.54, 1.807) is 35.2 Å². The van der Waals surface area contributed by atoms with Crippen LogP contribution in [0.25, 0.3) is 11.0 Å². The van der Waals surface area contributed by atoms with E-state index in [2.05, 4.69) is 10.2 Å². The van der Waals surface area contributed by atoms with Crippen molar-refractivity contribution in [3.05, 3.63) is 144 Å². The molecule has 1 spiro atoms. The van der Waals surface area contributed by atoms with Crippen LogP contribution in [0.1, 0.15) is 38.4 Å². The number of carbonyl (C=O) groups is 2. The fourth-order valence-electron chi connectivity index (χ4n) is 6.30. The second kappa shape index (κ2) is 11.7. The van der Waals surface area contributed by atoms with Crippen LogP contribution in [-0.2, 0) is 22.6 Å². The number of hydrogen-bond acceptors (Lipinski definition) is 8. The highest BCUT2D eigenvalue weighted by atomic mass is 35.5. The number of para-hydroxylation sites is 1. The molecule has 0 fully saturated rings. The Morgan fingerprint density at radius 3 is 2.44 bits per heavy atom. The largest absolute Gasteiger partial charge is 0.450 e. The Kier molecular flexibility index (Phi) is 7.61. The number of rotatable bonds is 6. The second-order valence-electron chi connectivity index (χ2n) is 11.4. The van der Waals surface area contributed by atoms with Crippen molar-refractivity contribution >= 4 is 91.5 Å². The summed E-state index contributed by atoms with van der Waals surface area (Å²) in [4.78, 5) is 47.1. The van der Waals surface area contributed by atoms with E-state index in [9.17, 15) is 9.59 Å². The third kappa shape index (κ3) is 4.77. The summed E-state index contributed by atoms with van der Waals surface area (Å²) < 4.78 is 6.69. The molecule has 6 aromatic rings. The molecule has 4 heterocycles. The van der Waals surface area contributed by atoms with Crippen LogP contribution in [0.15, 0.2) is 98.5 Å². The maximum absolute atomic E-state index is 15.1. The fourth-order valence-corrected chi connectivity index (χ4v) is 8.92. The lowest BCUT2D eigenvalue weighted by atomic mass is 9.84. The Balaban J connectivity index is 1.31. The zero-order valence-corrected chi connectivity index (χ0v) is 28.8. The van der Waals surface area contributed by atoms with E-state index >= 15 is 4.79 Å². The predicted octanol–water partition coefficient (Wildman–Crippen LogP) is 8.66. The van der Waals surface area contributed by atoms with Crippen molar-refractivity contribution in [2.45, 2.75) is 29.1 Å². The van der Waals surface area contributed by atoms with Gasteiger partial charge in [-0.3, -0.25) is 19.3 Å². The molecule has 8 nitrogen and oxygen atoms in total. The molecule has 2 aliphatic heterocycles. The van der Waals surface area contributed by atoms with E-state index in [4.69, 9.17) is 39.2 Å². The third-order valence-electron chi connectivity index (χ3n) is 8.50. The zero-order chi connectivity index (χ0) is 33.3. The van der Waals surface area contributed by atoms with Crippen LogP contribution < -0.4 is 15.2 Å². The van der Waals surface area contributed by atoms with Crippen LogP contribution in [0.4, 0.5) is 10.8 Å². The summed E-state index contributed by atoms with van der Waals surface area (Å²) >= 11 is 21.3. The first-order valence-corrected chi connectivity index (χ1v) is 17.6. The molecule has 1 unspecified atom stereocenters. The van der Waals surface area contributed by atoms with Crippen molar-refractivity contribution in [3.8, 4) is 0 Å². The monoisotopic (exact) mass is 730 g/mol. The molecular weight excluding hydrogens is 711 g/mol. The van der Waals surface area contributed by atoms with Gasteiger partial charge in [0.25, 0.3) is 11.8 Å². The number of amides is 2. The van der Waals surface area contributed by atoms with E-state index in [1.807, 2.05) is 49.4 Å². The van der Waals surface area contributed by atoms with E-state index < -0.39 is 22.8 Å². The van der Waals surface area contributed by atoms with Gasteiger partial charge in [-0.2, -0.15) is 0 Å². The van der Waals surface area contributed by atoms with Crippen LogP contribution in [-0.4, -0.2) is 22.0 Å². The van der Waals surface area contributed by atoms with E-state index in [-0.39, 0.29) is 34.0 Å². The number of carbonyl (C=O) groups excluding carboxylic acids is 2. The maximum atomic E-state index is 15.1. The number of fused-ring (bicyclic) bond motifs is 5. The molecule has 0 saturated heterocycles. The second-order valence-corrected chi connectivity index (χ2v) is 14.9. The molecular formula is C35H21Cl3N4O4S2. The summed E-state index contributed by atoms with van der Waals surface area (Å²) in [6.07, 6.45) is 0. The number of hydrogen-bond donors (Lipinski definition) is 0. The van der Waals surface area contributed by atoms with E-state index in [1.165, 1.54) is 28.8 Å². The van der Waals surface area contributed by atoms with Crippen molar-refractivity contribution in [2.75, 3.05) is 9.80 Å². The lowest BCUT2D eigenvalue weighted by Gasteiger charge is -2.32. The lowest BCUT2D eigenvalue weighted by molar-refractivity contribution is -0.121. The number of nitrogens with zero attached hydrogens (tertiary/aromatic N) is 4. The number of anilines is 2. The number of benzene rings is 4. The van der Waals surface area contributed by atoms with Gasteiger partial charge in [-0.1, -0.05) is 112 Å². The van der Waals surface area contributed by atoms with Gasteiger partial charge < -0.3 is 9.32 Å². The van der Waals surface area contributed by atoms with Crippen molar-refractivity contribution in [1.29, 1.82) is 0 Å². The standard InChI is InChI=1S/C35H21Cl3N4O4S2/c1-18-6-8-19(9-7-18)16-41-26-5-3-2-4-24(26)35(32(41)45)28-29(43)23-14-21(36)12-13-27(23)46-30(28)31(44)42(35)33-39-40-34(48-33)47-17-20-10-11-22(37)15-25(20)38/h2-15H,16-17H2,1H3. The molecule has 4 aromatic carbocycles. The van der Waals surface area contributed by atoms with E-state index in [0.717, 1.165) is 28.0 Å². The van der Waals surface area contributed by atoms with Crippen molar-refractivity contribution < 1.29 is 14.0 Å². The molecule has 2 aliphatic rings. The normalized spacial score (nSPS) is 16.8. The van der Waals surface area contributed by atoms with Gasteiger partial charge in [0.05, 0.1) is 23.2 Å². The smallest absolute Gasteiger partial charge is 0.297 e. The summed E-state index contributed by atoms with van der Waals surface area (Å²) in [5.41, 5.74) is 1.49. The molecule has 0 saturated carbocycles. The average Bonchev–Trinajstić information content (AvgIpc) is 3.71. The molecule has 238 valence electrons. The van der Waals surface area contributed by atoms with Gasteiger partial charge in [0.1, 0.15) is 5.58 Å². The Morgan fingerprint density at radius 1 is 0.896 bits per heavy atom. The van der Waals surface area contributed by atoms with Gasteiger partial charge in [0, 0.05) is 26.4 Å². The average molecular weight is 732 g/mol. The molecule has 48 heavy (non-hydrogen) atoms. The predicted molar refractivity (Wildman–Crippen MR) is 190 cm³/mol. The Labute approximate surface area is 296 Å². The first-order chi connectivity index (χ1) is 23.2. The minimum absolute atomic E-state index is 0.0801. The zero-order valence-electron chi connectivity index (χ0n) is 24.9. The van der Waals surface area contributed by atoms with Gasteiger partial charge in [0.15, 0.2) is 15.3 Å². The summed E-state index contributed by atoms with van der Waals surface area (Å²) in [6.45, 7) is 2.20. The van der Waals surface area contributed by atoms with Gasteiger partial charge in [-0.25, -0.2) is 0 Å². The molecule has 2 amide bonds. The summed E-state index contributed by atoms with van der Waals surface area (Å²) in [5, 5.41) is 10.4. The number of aryl methyl sites for hydroxylation is 1. The minimum Gasteiger partial charge on any atom is -0.450 e. The highest BCUT2D eigenvalue weighted by Crippen LogP contribution is 2.55. The summed E-state index contributed by atoms with van der Waals surface area (Å²) in [6, 6.07) is 24.9. The number of thioether (sulfide) groups is 1.